The summed E-state index contributed by atoms with van der Waals surface area (Å²) in [6.45, 7) is 1.76. The number of thioether (sulfide) groups is 1. The Balaban J connectivity index is 1.30. The predicted octanol–water partition coefficient (Wildman–Crippen LogP) is 7.16. The van der Waals surface area contributed by atoms with E-state index < -0.39 is 23.0 Å². The average molecular weight is 630 g/mol. The van der Waals surface area contributed by atoms with Crippen molar-refractivity contribution in [3.05, 3.63) is 144 Å². The molecular formula is C37H31N3O5S. The first-order valence-corrected chi connectivity index (χ1v) is 15.3. The van der Waals surface area contributed by atoms with E-state index in [1.165, 1.54) is 18.9 Å². The van der Waals surface area contributed by atoms with Gasteiger partial charge in [-0.05, 0) is 77.9 Å². The van der Waals surface area contributed by atoms with Gasteiger partial charge in [0, 0.05) is 16.1 Å². The molecule has 3 amide bonds. The number of anilines is 2. The van der Waals surface area contributed by atoms with Crippen molar-refractivity contribution in [2.24, 2.45) is 0 Å². The Labute approximate surface area is 270 Å². The van der Waals surface area contributed by atoms with Crippen molar-refractivity contribution in [3.63, 3.8) is 0 Å². The van der Waals surface area contributed by atoms with E-state index in [1.807, 2.05) is 48.5 Å². The van der Waals surface area contributed by atoms with Gasteiger partial charge in [0.1, 0.15) is 5.70 Å². The maximum absolute atomic E-state index is 13.6. The highest BCUT2D eigenvalue weighted by Crippen LogP contribution is 2.27. The van der Waals surface area contributed by atoms with Crippen LogP contribution < -0.4 is 16.0 Å². The number of rotatable bonds is 10. The van der Waals surface area contributed by atoms with Crippen LogP contribution >= 0.6 is 11.8 Å². The predicted molar refractivity (Wildman–Crippen MR) is 183 cm³/mol. The molecule has 5 rings (SSSR count). The number of fused-ring (bicyclic) bond motifs is 1. The summed E-state index contributed by atoms with van der Waals surface area (Å²) in [7, 11) is 1.29. The van der Waals surface area contributed by atoms with Crippen LogP contribution in [-0.4, -0.2) is 36.1 Å². The molecule has 0 spiro atoms. The third kappa shape index (κ3) is 7.88. The molecule has 5 aromatic carbocycles. The zero-order valence-electron chi connectivity index (χ0n) is 25.2. The van der Waals surface area contributed by atoms with Crippen LogP contribution in [0.4, 0.5) is 11.4 Å². The van der Waals surface area contributed by atoms with Gasteiger partial charge >= 0.3 is 5.97 Å². The quantitative estimate of drug-likeness (QED) is 0.0859. The van der Waals surface area contributed by atoms with Crippen molar-refractivity contribution in [2.45, 2.75) is 17.1 Å². The summed E-state index contributed by atoms with van der Waals surface area (Å²) >= 11 is 1.32. The van der Waals surface area contributed by atoms with E-state index in [-0.39, 0.29) is 17.2 Å². The molecule has 46 heavy (non-hydrogen) atoms. The van der Waals surface area contributed by atoms with Crippen molar-refractivity contribution in [1.82, 2.24) is 5.32 Å². The molecule has 5 aromatic rings. The van der Waals surface area contributed by atoms with Crippen LogP contribution in [0.1, 0.15) is 33.2 Å². The average Bonchev–Trinajstić information content (AvgIpc) is 3.09. The van der Waals surface area contributed by atoms with E-state index in [4.69, 9.17) is 4.74 Å². The number of hydrogen-bond donors (Lipinski definition) is 3. The lowest BCUT2D eigenvalue weighted by Crippen LogP contribution is -2.30. The molecular weight excluding hydrogens is 598 g/mol. The summed E-state index contributed by atoms with van der Waals surface area (Å²) < 4.78 is 4.80. The summed E-state index contributed by atoms with van der Waals surface area (Å²) in [5.41, 5.74) is 2.44. The van der Waals surface area contributed by atoms with Crippen molar-refractivity contribution < 1.29 is 23.9 Å². The Morgan fingerprint density at radius 3 is 2.17 bits per heavy atom. The lowest BCUT2D eigenvalue weighted by atomic mass is 10.0. The summed E-state index contributed by atoms with van der Waals surface area (Å²) in [6, 6.07) is 36.0. The Bertz CT molecular complexity index is 1920. The first kappa shape index (κ1) is 31.7. The molecule has 0 heterocycles. The summed E-state index contributed by atoms with van der Waals surface area (Å²) in [5.74, 6) is -1.72. The van der Waals surface area contributed by atoms with Crippen molar-refractivity contribution in [2.75, 3.05) is 17.7 Å². The van der Waals surface area contributed by atoms with E-state index in [0.717, 1.165) is 21.2 Å². The molecule has 230 valence electrons. The lowest BCUT2D eigenvalue weighted by molar-refractivity contribution is -0.115. The summed E-state index contributed by atoms with van der Waals surface area (Å²) in [4.78, 5) is 52.4. The topological polar surface area (TPSA) is 114 Å². The smallest absolute Gasteiger partial charge is 0.339 e. The zero-order valence-corrected chi connectivity index (χ0v) is 26.0. The first-order valence-electron chi connectivity index (χ1n) is 14.4. The third-order valence-corrected chi connectivity index (χ3v) is 8.15. The van der Waals surface area contributed by atoms with E-state index in [2.05, 4.69) is 16.0 Å². The fraction of sp³-hybridized carbons (Fsp3) is 0.0811. The minimum Gasteiger partial charge on any atom is -0.465 e. The largest absolute Gasteiger partial charge is 0.465 e. The number of carbonyl (C=O) groups excluding carboxylic acids is 4. The number of nitrogens with one attached hydrogen (secondary N) is 3. The van der Waals surface area contributed by atoms with Gasteiger partial charge in [-0.1, -0.05) is 72.8 Å². The standard InChI is InChI=1S/C37H31N3O5S/c1-24(34(41)39-32-18-9-8-17-31(32)37(44)45-2)46-29-21-19-28(20-22-29)38-36(43)33(40-35(42)26-12-4-3-5-13-26)23-27-15-10-14-25-11-6-7-16-30(25)27/h3-24H,1-2H3,(H,38,43)(H,39,41)(H,40,42)/b33-23-. The molecule has 0 fully saturated rings. The third-order valence-electron chi connectivity index (χ3n) is 7.04. The van der Waals surface area contributed by atoms with Gasteiger partial charge in [0.15, 0.2) is 0 Å². The summed E-state index contributed by atoms with van der Waals surface area (Å²) in [5, 5.41) is 9.91. The molecule has 0 aliphatic heterocycles. The van der Waals surface area contributed by atoms with Crippen LogP contribution in [0.3, 0.4) is 0 Å². The summed E-state index contributed by atoms with van der Waals surface area (Å²) in [6.07, 6.45) is 1.67. The number of carbonyl (C=O) groups is 4. The van der Waals surface area contributed by atoms with Crippen LogP contribution in [0.5, 0.6) is 0 Å². The number of hydrogen-bond acceptors (Lipinski definition) is 6. The van der Waals surface area contributed by atoms with Crippen LogP contribution in [0.2, 0.25) is 0 Å². The van der Waals surface area contributed by atoms with E-state index in [0.29, 0.717) is 16.9 Å². The van der Waals surface area contributed by atoms with Crippen molar-refractivity contribution >= 4 is 63.7 Å². The number of amides is 3. The number of ether oxygens (including phenoxy) is 1. The number of esters is 1. The van der Waals surface area contributed by atoms with E-state index in [1.54, 1.807) is 85.8 Å². The van der Waals surface area contributed by atoms with Crippen LogP contribution in [0, 0.1) is 0 Å². The Morgan fingerprint density at radius 2 is 1.41 bits per heavy atom. The molecule has 8 nitrogen and oxygen atoms in total. The second-order valence-corrected chi connectivity index (χ2v) is 11.6. The molecule has 1 atom stereocenters. The minimum absolute atomic E-state index is 0.0844. The van der Waals surface area contributed by atoms with Gasteiger partial charge in [-0.15, -0.1) is 11.8 Å². The lowest BCUT2D eigenvalue weighted by Gasteiger charge is -2.15. The maximum Gasteiger partial charge on any atom is 0.339 e. The van der Waals surface area contributed by atoms with Gasteiger partial charge in [0.05, 0.1) is 23.6 Å². The van der Waals surface area contributed by atoms with Crippen LogP contribution in [0.25, 0.3) is 16.8 Å². The SMILES string of the molecule is COC(=O)c1ccccc1NC(=O)C(C)Sc1ccc(NC(=O)/C(=C/c2cccc3ccccc23)NC(=O)c2ccccc2)cc1. The Morgan fingerprint density at radius 1 is 0.739 bits per heavy atom. The molecule has 0 aliphatic rings. The second kappa shape index (κ2) is 14.9. The fourth-order valence-electron chi connectivity index (χ4n) is 4.66. The first-order chi connectivity index (χ1) is 22.3. The highest BCUT2D eigenvalue weighted by atomic mass is 32.2. The normalized spacial score (nSPS) is 11.7. The molecule has 0 saturated heterocycles. The fourth-order valence-corrected chi connectivity index (χ4v) is 5.53. The molecule has 0 radical (unpaired) electrons. The molecule has 1 unspecified atom stereocenters. The van der Waals surface area contributed by atoms with Crippen LogP contribution in [0.15, 0.2) is 132 Å². The molecule has 3 N–H and O–H groups in total. The van der Waals surface area contributed by atoms with Gasteiger partial charge < -0.3 is 20.7 Å². The number of methoxy groups -OCH3 is 1. The number of benzene rings is 5. The van der Waals surface area contributed by atoms with E-state index in [9.17, 15) is 19.2 Å². The van der Waals surface area contributed by atoms with Crippen molar-refractivity contribution in [3.8, 4) is 0 Å². The molecule has 0 aliphatic carbocycles. The Kier molecular flexibility index (Phi) is 10.3. The second-order valence-electron chi connectivity index (χ2n) is 10.2. The maximum atomic E-state index is 13.6. The molecule has 0 bridgehead atoms. The monoisotopic (exact) mass is 629 g/mol. The molecule has 0 saturated carbocycles. The molecule has 0 aromatic heterocycles. The van der Waals surface area contributed by atoms with Crippen molar-refractivity contribution in [1.29, 1.82) is 0 Å². The molecule has 9 heteroatoms. The van der Waals surface area contributed by atoms with Gasteiger partial charge in [-0.2, -0.15) is 0 Å². The highest BCUT2D eigenvalue weighted by Gasteiger charge is 2.19. The zero-order chi connectivity index (χ0) is 32.5. The Hall–Kier alpha value is -5.67. The van der Waals surface area contributed by atoms with Gasteiger partial charge in [0.2, 0.25) is 5.91 Å². The van der Waals surface area contributed by atoms with Crippen LogP contribution in [-0.2, 0) is 14.3 Å². The number of para-hydroxylation sites is 1. The highest BCUT2D eigenvalue weighted by molar-refractivity contribution is 8.00. The minimum atomic E-state index is -0.538. The van der Waals surface area contributed by atoms with Gasteiger partial charge in [0.25, 0.3) is 11.8 Å². The van der Waals surface area contributed by atoms with Gasteiger partial charge in [-0.25, -0.2) is 4.79 Å². The van der Waals surface area contributed by atoms with E-state index >= 15 is 0 Å². The van der Waals surface area contributed by atoms with Gasteiger partial charge in [-0.3, -0.25) is 14.4 Å².